The van der Waals surface area contributed by atoms with Crippen LogP contribution in [0.3, 0.4) is 0 Å². The number of amides is 1. The van der Waals surface area contributed by atoms with E-state index in [1.165, 1.54) is 37.1 Å². The molecule has 0 saturated carbocycles. The number of halogens is 2. The lowest BCUT2D eigenvalue weighted by molar-refractivity contribution is 0.102. The van der Waals surface area contributed by atoms with E-state index in [1.807, 2.05) is 0 Å². The summed E-state index contributed by atoms with van der Waals surface area (Å²) in [5, 5.41) is 2.43. The summed E-state index contributed by atoms with van der Waals surface area (Å²) in [6.07, 6.45) is 5.68. The molecule has 0 aliphatic carbocycles. The van der Waals surface area contributed by atoms with E-state index >= 15 is 0 Å². The second kappa shape index (κ2) is 7.39. The minimum atomic E-state index is -1.07. The van der Waals surface area contributed by atoms with Gasteiger partial charge in [-0.1, -0.05) is 0 Å². The van der Waals surface area contributed by atoms with Crippen LogP contribution in [-0.4, -0.2) is 25.8 Å². The minimum absolute atomic E-state index is 0.0173. The fraction of sp³-hybridized carbons (Fsp3) is 0.0625. The van der Waals surface area contributed by atoms with Crippen molar-refractivity contribution in [1.29, 1.82) is 0 Å². The summed E-state index contributed by atoms with van der Waals surface area (Å²) >= 11 is 0. The molecule has 25 heavy (non-hydrogen) atoms. The zero-order chi connectivity index (χ0) is 17.6. The number of anilines is 1. The van der Waals surface area contributed by atoms with Gasteiger partial charge in [-0.25, -0.2) is 23.7 Å². The number of hydrogen-bond acceptors (Lipinski definition) is 6. The monoisotopic (exact) mass is 343 g/mol. The highest BCUT2D eigenvalue weighted by atomic mass is 19.1. The summed E-state index contributed by atoms with van der Waals surface area (Å²) in [5.41, 5.74) is -0.339. The molecular formula is C16H11F2N5O2. The number of pyridine rings is 2. The van der Waals surface area contributed by atoms with Gasteiger partial charge in [0.1, 0.15) is 41.8 Å². The standard InChI is InChI=1S/C16H11F2N5O2/c17-6-14-12(18)1-2-15(22-14)23-16(24)13-5-10(3-4-21-13)25-11-7-19-9-20-8-11/h1-5,7-9H,6H2,(H,22,23,24). The molecule has 3 aromatic rings. The van der Waals surface area contributed by atoms with Crippen molar-refractivity contribution in [3.63, 3.8) is 0 Å². The van der Waals surface area contributed by atoms with Crippen molar-refractivity contribution >= 4 is 11.7 Å². The highest BCUT2D eigenvalue weighted by Crippen LogP contribution is 2.20. The molecule has 0 radical (unpaired) electrons. The van der Waals surface area contributed by atoms with Crippen molar-refractivity contribution in [3.05, 3.63) is 66.4 Å². The first-order valence-corrected chi connectivity index (χ1v) is 7.07. The largest absolute Gasteiger partial charge is 0.454 e. The van der Waals surface area contributed by atoms with Gasteiger partial charge in [0.25, 0.3) is 5.91 Å². The Morgan fingerprint density at radius 3 is 2.72 bits per heavy atom. The molecular weight excluding hydrogens is 332 g/mol. The van der Waals surface area contributed by atoms with E-state index in [1.54, 1.807) is 6.07 Å². The molecule has 0 unspecified atom stereocenters. The third-order valence-electron chi connectivity index (χ3n) is 3.02. The molecule has 0 bridgehead atoms. The molecule has 9 heteroatoms. The Hall–Kier alpha value is -3.49. The minimum Gasteiger partial charge on any atom is -0.454 e. The van der Waals surface area contributed by atoms with Crippen LogP contribution in [0.15, 0.2) is 49.2 Å². The van der Waals surface area contributed by atoms with Crippen LogP contribution in [0.1, 0.15) is 16.2 Å². The highest BCUT2D eigenvalue weighted by molar-refractivity contribution is 6.02. The maximum atomic E-state index is 13.2. The topological polar surface area (TPSA) is 89.9 Å². The Morgan fingerprint density at radius 1 is 1.16 bits per heavy atom. The van der Waals surface area contributed by atoms with Gasteiger partial charge in [-0.2, -0.15) is 0 Å². The van der Waals surface area contributed by atoms with E-state index in [0.717, 1.165) is 6.07 Å². The third-order valence-corrected chi connectivity index (χ3v) is 3.02. The zero-order valence-corrected chi connectivity index (χ0v) is 12.7. The quantitative estimate of drug-likeness (QED) is 0.766. The molecule has 0 aliphatic rings. The van der Waals surface area contributed by atoms with Crippen LogP contribution in [-0.2, 0) is 6.67 Å². The summed E-state index contributed by atoms with van der Waals surface area (Å²) in [6.45, 7) is -1.07. The SMILES string of the molecule is O=C(Nc1ccc(F)c(CF)n1)c1cc(Oc2cncnc2)ccn1. The molecule has 3 aromatic heterocycles. The first-order valence-electron chi connectivity index (χ1n) is 7.07. The predicted molar refractivity (Wildman–Crippen MR) is 83.3 cm³/mol. The van der Waals surface area contributed by atoms with Gasteiger partial charge < -0.3 is 10.1 Å². The third kappa shape index (κ3) is 4.08. The molecule has 0 atom stereocenters. The Balaban J connectivity index is 1.75. The molecule has 0 aliphatic heterocycles. The molecule has 1 amide bonds. The Morgan fingerprint density at radius 2 is 1.96 bits per heavy atom. The summed E-state index contributed by atoms with van der Waals surface area (Å²) in [5.74, 6) is -0.610. The number of nitrogens with one attached hydrogen (secondary N) is 1. The second-order valence-electron chi connectivity index (χ2n) is 4.77. The molecule has 0 fully saturated rings. The van der Waals surface area contributed by atoms with Crippen LogP contribution >= 0.6 is 0 Å². The summed E-state index contributed by atoms with van der Waals surface area (Å²) in [4.78, 5) is 27.5. The van der Waals surface area contributed by atoms with Gasteiger partial charge in [0.2, 0.25) is 0 Å². The van der Waals surface area contributed by atoms with Gasteiger partial charge in [-0.05, 0) is 18.2 Å². The van der Waals surface area contributed by atoms with E-state index in [9.17, 15) is 13.6 Å². The zero-order valence-electron chi connectivity index (χ0n) is 12.7. The lowest BCUT2D eigenvalue weighted by atomic mass is 10.3. The fourth-order valence-corrected chi connectivity index (χ4v) is 1.90. The van der Waals surface area contributed by atoms with Gasteiger partial charge in [0.15, 0.2) is 5.75 Å². The van der Waals surface area contributed by atoms with E-state index in [0.29, 0.717) is 11.5 Å². The number of hydrogen-bond donors (Lipinski definition) is 1. The summed E-state index contributed by atoms with van der Waals surface area (Å²) in [7, 11) is 0. The number of carbonyl (C=O) groups excluding carboxylic acids is 1. The van der Waals surface area contributed by atoms with Crippen LogP contribution in [0.5, 0.6) is 11.5 Å². The van der Waals surface area contributed by atoms with Crippen LogP contribution in [0.4, 0.5) is 14.6 Å². The molecule has 3 rings (SSSR count). The Bertz CT molecular complexity index is 893. The summed E-state index contributed by atoms with van der Waals surface area (Å²) < 4.78 is 31.4. The van der Waals surface area contributed by atoms with Gasteiger partial charge >= 0.3 is 0 Å². The fourth-order valence-electron chi connectivity index (χ4n) is 1.90. The van der Waals surface area contributed by atoms with Gasteiger partial charge in [-0.15, -0.1) is 0 Å². The van der Waals surface area contributed by atoms with Crippen LogP contribution in [0.2, 0.25) is 0 Å². The summed E-state index contributed by atoms with van der Waals surface area (Å²) in [6, 6.07) is 5.22. The number of nitrogens with zero attached hydrogens (tertiary/aromatic N) is 4. The molecule has 1 N–H and O–H groups in total. The average molecular weight is 343 g/mol. The van der Waals surface area contributed by atoms with Crippen molar-refractivity contribution < 1.29 is 18.3 Å². The molecule has 7 nitrogen and oxygen atoms in total. The number of carbonyl (C=O) groups is 1. The second-order valence-corrected chi connectivity index (χ2v) is 4.77. The Labute approximate surface area is 140 Å². The highest BCUT2D eigenvalue weighted by Gasteiger charge is 2.12. The molecule has 0 spiro atoms. The Kier molecular flexibility index (Phi) is 4.84. The van der Waals surface area contributed by atoms with E-state index in [2.05, 4.69) is 25.3 Å². The van der Waals surface area contributed by atoms with Gasteiger partial charge in [-0.3, -0.25) is 9.78 Å². The van der Waals surface area contributed by atoms with Crippen molar-refractivity contribution in [1.82, 2.24) is 19.9 Å². The van der Waals surface area contributed by atoms with E-state index in [4.69, 9.17) is 4.74 Å². The van der Waals surface area contributed by atoms with E-state index < -0.39 is 18.4 Å². The molecule has 3 heterocycles. The van der Waals surface area contributed by atoms with Crippen molar-refractivity contribution in [2.24, 2.45) is 0 Å². The van der Waals surface area contributed by atoms with Gasteiger partial charge in [0, 0.05) is 12.3 Å². The number of ether oxygens (including phenoxy) is 1. The first-order chi connectivity index (χ1) is 12.2. The lowest BCUT2D eigenvalue weighted by Gasteiger charge is -2.08. The average Bonchev–Trinajstić information content (AvgIpc) is 2.64. The maximum absolute atomic E-state index is 13.2. The lowest BCUT2D eigenvalue weighted by Crippen LogP contribution is -2.15. The van der Waals surface area contributed by atoms with Crippen LogP contribution < -0.4 is 10.1 Å². The van der Waals surface area contributed by atoms with Crippen LogP contribution in [0, 0.1) is 5.82 Å². The van der Waals surface area contributed by atoms with Crippen molar-refractivity contribution in [2.45, 2.75) is 6.67 Å². The molecule has 126 valence electrons. The smallest absolute Gasteiger partial charge is 0.275 e. The maximum Gasteiger partial charge on any atom is 0.275 e. The van der Waals surface area contributed by atoms with Gasteiger partial charge in [0.05, 0.1) is 12.4 Å². The first kappa shape index (κ1) is 16.4. The normalized spacial score (nSPS) is 10.3. The molecule has 0 aromatic carbocycles. The van der Waals surface area contributed by atoms with Crippen molar-refractivity contribution in [3.8, 4) is 11.5 Å². The van der Waals surface area contributed by atoms with E-state index in [-0.39, 0.29) is 17.2 Å². The predicted octanol–water partition coefficient (Wildman–Crippen LogP) is 2.92. The number of rotatable bonds is 5. The number of aromatic nitrogens is 4. The molecule has 0 saturated heterocycles. The van der Waals surface area contributed by atoms with Crippen LogP contribution in [0.25, 0.3) is 0 Å². The number of alkyl halides is 1. The van der Waals surface area contributed by atoms with Crippen molar-refractivity contribution in [2.75, 3.05) is 5.32 Å².